The Morgan fingerprint density at radius 2 is 2.40 bits per heavy atom. The molecule has 0 aliphatic carbocycles. The van der Waals surface area contributed by atoms with Crippen LogP contribution in [0.5, 0.6) is 0 Å². The first-order chi connectivity index (χ1) is 9.72. The van der Waals surface area contributed by atoms with Gasteiger partial charge in [-0.25, -0.2) is 4.68 Å². The van der Waals surface area contributed by atoms with Gasteiger partial charge in [0.05, 0.1) is 19.0 Å². The van der Waals surface area contributed by atoms with Crippen molar-refractivity contribution < 1.29 is 9.21 Å². The molecule has 7 heteroatoms. The van der Waals surface area contributed by atoms with Gasteiger partial charge < -0.3 is 9.73 Å². The number of hydrogen-bond acceptors (Lipinski definition) is 4. The van der Waals surface area contributed by atoms with Gasteiger partial charge in [-0.05, 0) is 34.1 Å². The van der Waals surface area contributed by atoms with Crippen LogP contribution in [-0.4, -0.2) is 15.7 Å². The van der Waals surface area contributed by atoms with E-state index >= 15 is 0 Å². The Kier molecular flexibility index (Phi) is 3.70. The van der Waals surface area contributed by atoms with Crippen molar-refractivity contribution in [2.45, 2.75) is 6.54 Å². The number of furan rings is 1. The Morgan fingerprint density at radius 1 is 1.50 bits per heavy atom. The summed E-state index contributed by atoms with van der Waals surface area (Å²) in [4.78, 5) is 13.1. The van der Waals surface area contributed by atoms with E-state index < -0.39 is 0 Å². The maximum atomic E-state index is 11.9. The maximum absolute atomic E-state index is 11.9. The van der Waals surface area contributed by atoms with Crippen molar-refractivity contribution in [1.82, 2.24) is 9.78 Å². The number of aromatic nitrogens is 2. The van der Waals surface area contributed by atoms with E-state index in [0.29, 0.717) is 12.4 Å². The number of hydrogen-bond donors (Lipinski definition) is 1. The van der Waals surface area contributed by atoms with Crippen molar-refractivity contribution in [3.63, 3.8) is 0 Å². The van der Waals surface area contributed by atoms with E-state index in [-0.39, 0.29) is 11.7 Å². The van der Waals surface area contributed by atoms with E-state index in [0.717, 1.165) is 9.35 Å². The van der Waals surface area contributed by atoms with Gasteiger partial charge >= 0.3 is 0 Å². The minimum absolute atomic E-state index is 0.275. The number of carbonyl (C=O) groups is 1. The lowest BCUT2D eigenvalue weighted by molar-refractivity contribution is 0.0995. The lowest BCUT2D eigenvalue weighted by Crippen LogP contribution is -2.15. The molecule has 3 heterocycles. The Morgan fingerprint density at radius 3 is 3.10 bits per heavy atom. The first-order valence-corrected chi connectivity index (χ1v) is 7.49. The van der Waals surface area contributed by atoms with Crippen LogP contribution in [0.2, 0.25) is 0 Å². The molecule has 3 aromatic rings. The fourth-order valence-electron chi connectivity index (χ4n) is 1.73. The molecule has 0 unspecified atom stereocenters. The van der Waals surface area contributed by atoms with Crippen LogP contribution in [-0.2, 0) is 6.54 Å². The van der Waals surface area contributed by atoms with E-state index in [1.807, 2.05) is 11.4 Å². The topological polar surface area (TPSA) is 60.1 Å². The third kappa shape index (κ3) is 2.83. The van der Waals surface area contributed by atoms with Crippen molar-refractivity contribution in [3.05, 3.63) is 57.2 Å². The average Bonchev–Trinajstić information content (AvgIpc) is 3.13. The fraction of sp³-hybridized carbons (Fsp3) is 0.0769. The molecule has 0 aliphatic heterocycles. The molecule has 1 amide bonds. The summed E-state index contributed by atoms with van der Waals surface area (Å²) in [6.45, 7) is 0.608. The predicted molar refractivity (Wildman–Crippen MR) is 80.0 cm³/mol. The Labute approximate surface area is 127 Å². The number of thiophene rings is 1. The Bertz CT molecular complexity index is 718. The first kappa shape index (κ1) is 13.1. The van der Waals surface area contributed by atoms with Gasteiger partial charge in [0.1, 0.15) is 5.82 Å². The molecule has 0 bridgehead atoms. The molecule has 5 nitrogen and oxygen atoms in total. The molecular weight excluding hydrogens is 342 g/mol. The standard InChI is InChI=1S/C13H10BrN3O2S/c14-9-6-10(20-8-9)7-17-12(3-4-15-17)16-13(18)11-2-1-5-19-11/h1-6,8H,7H2,(H,16,18). The molecule has 0 aromatic carbocycles. The normalized spacial score (nSPS) is 10.7. The highest BCUT2D eigenvalue weighted by molar-refractivity contribution is 9.10. The van der Waals surface area contributed by atoms with Crippen molar-refractivity contribution >= 4 is 39.0 Å². The van der Waals surface area contributed by atoms with E-state index in [9.17, 15) is 4.79 Å². The average molecular weight is 352 g/mol. The maximum Gasteiger partial charge on any atom is 0.292 e. The van der Waals surface area contributed by atoms with Gasteiger partial charge in [-0.3, -0.25) is 4.79 Å². The second-order valence-electron chi connectivity index (χ2n) is 4.04. The van der Waals surface area contributed by atoms with Crippen molar-refractivity contribution in [2.24, 2.45) is 0 Å². The number of halogens is 1. The summed E-state index contributed by atoms with van der Waals surface area (Å²) in [7, 11) is 0. The summed E-state index contributed by atoms with van der Waals surface area (Å²) < 4.78 is 7.84. The van der Waals surface area contributed by atoms with Crippen LogP contribution in [0.25, 0.3) is 0 Å². The SMILES string of the molecule is O=C(Nc1ccnn1Cc1cc(Br)cs1)c1ccco1. The molecule has 0 radical (unpaired) electrons. The van der Waals surface area contributed by atoms with Crippen molar-refractivity contribution in [3.8, 4) is 0 Å². The lowest BCUT2D eigenvalue weighted by atomic mass is 10.4. The summed E-state index contributed by atoms with van der Waals surface area (Å²) in [5.74, 6) is 0.622. The van der Waals surface area contributed by atoms with Gasteiger partial charge in [0.2, 0.25) is 0 Å². The van der Waals surface area contributed by atoms with Crippen LogP contribution in [0.15, 0.2) is 51.0 Å². The number of amides is 1. The van der Waals surface area contributed by atoms with Crippen LogP contribution in [0.1, 0.15) is 15.4 Å². The summed E-state index contributed by atoms with van der Waals surface area (Å²) >= 11 is 5.05. The van der Waals surface area contributed by atoms with E-state index in [4.69, 9.17) is 4.42 Å². The minimum Gasteiger partial charge on any atom is -0.459 e. The van der Waals surface area contributed by atoms with E-state index in [1.54, 1.807) is 40.4 Å². The quantitative estimate of drug-likeness (QED) is 0.781. The first-order valence-electron chi connectivity index (χ1n) is 5.82. The van der Waals surface area contributed by atoms with Crippen LogP contribution in [0.3, 0.4) is 0 Å². The molecule has 3 aromatic heterocycles. The molecule has 0 spiro atoms. The van der Waals surface area contributed by atoms with Crippen LogP contribution < -0.4 is 5.32 Å². The third-order valence-corrected chi connectivity index (χ3v) is 4.31. The molecule has 0 saturated heterocycles. The van der Waals surface area contributed by atoms with Gasteiger partial charge in [-0.15, -0.1) is 11.3 Å². The second-order valence-corrected chi connectivity index (χ2v) is 5.95. The Balaban J connectivity index is 1.75. The Hall–Kier alpha value is -1.86. The highest BCUT2D eigenvalue weighted by atomic mass is 79.9. The fourth-order valence-corrected chi connectivity index (χ4v) is 3.17. The number of carbonyl (C=O) groups excluding carboxylic acids is 1. The zero-order valence-corrected chi connectivity index (χ0v) is 12.6. The smallest absolute Gasteiger partial charge is 0.292 e. The van der Waals surface area contributed by atoms with Gasteiger partial charge in [-0.2, -0.15) is 5.10 Å². The number of nitrogens with one attached hydrogen (secondary N) is 1. The summed E-state index contributed by atoms with van der Waals surface area (Å²) in [5, 5.41) is 9.01. The van der Waals surface area contributed by atoms with E-state index in [1.165, 1.54) is 6.26 Å². The van der Waals surface area contributed by atoms with Crippen molar-refractivity contribution in [2.75, 3.05) is 5.32 Å². The third-order valence-electron chi connectivity index (χ3n) is 2.63. The van der Waals surface area contributed by atoms with Crippen molar-refractivity contribution in [1.29, 1.82) is 0 Å². The van der Waals surface area contributed by atoms with Crippen LogP contribution in [0, 0.1) is 0 Å². The number of rotatable bonds is 4. The summed E-state index contributed by atoms with van der Waals surface area (Å²) in [5.41, 5.74) is 0. The number of nitrogens with zero attached hydrogens (tertiary/aromatic N) is 2. The minimum atomic E-state index is -0.288. The molecular formula is C13H10BrN3O2S. The largest absolute Gasteiger partial charge is 0.459 e. The van der Waals surface area contributed by atoms with Crippen LogP contribution >= 0.6 is 27.3 Å². The highest BCUT2D eigenvalue weighted by Gasteiger charge is 2.12. The summed E-state index contributed by atoms with van der Waals surface area (Å²) in [6, 6.07) is 7.08. The molecule has 102 valence electrons. The van der Waals surface area contributed by atoms with Gasteiger partial charge in [0.15, 0.2) is 5.76 Å². The zero-order chi connectivity index (χ0) is 13.9. The van der Waals surface area contributed by atoms with E-state index in [2.05, 4.69) is 26.3 Å². The molecule has 0 saturated carbocycles. The second kappa shape index (κ2) is 5.64. The van der Waals surface area contributed by atoms with Gasteiger partial charge in [-0.1, -0.05) is 0 Å². The molecule has 1 N–H and O–H groups in total. The predicted octanol–water partition coefficient (Wildman–Crippen LogP) is 3.60. The molecule has 20 heavy (non-hydrogen) atoms. The zero-order valence-electron chi connectivity index (χ0n) is 10.2. The lowest BCUT2D eigenvalue weighted by Gasteiger charge is -2.06. The number of anilines is 1. The highest BCUT2D eigenvalue weighted by Crippen LogP contribution is 2.21. The molecule has 3 rings (SSSR count). The molecule has 0 fully saturated rings. The van der Waals surface area contributed by atoms with Crippen LogP contribution in [0.4, 0.5) is 5.82 Å². The molecule has 0 aliphatic rings. The molecule has 0 atom stereocenters. The monoisotopic (exact) mass is 351 g/mol. The summed E-state index contributed by atoms with van der Waals surface area (Å²) in [6.07, 6.45) is 3.12. The van der Waals surface area contributed by atoms with Gasteiger partial charge in [0, 0.05) is 20.8 Å². The van der Waals surface area contributed by atoms with Gasteiger partial charge in [0.25, 0.3) is 5.91 Å².